The highest BCUT2D eigenvalue weighted by atomic mass is 79.9. The van der Waals surface area contributed by atoms with Crippen molar-refractivity contribution in [1.29, 1.82) is 5.26 Å². The van der Waals surface area contributed by atoms with E-state index in [4.69, 9.17) is 10.00 Å². The van der Waals surface area contributed by atoms with Crippen LogP contribution in [0.4, 0.5) is 5.69 Å². The molecule has 1 saturated heterocycles. The van der Waals surface area contributed by atoms with Gasteiger partial charge in [-0.25, -0.2) is 0 Å². The molecule has 0 aromatic heterocycles. The lowest BCUT2D eigenvalue weighted by Crippen LogP contribution is -2.37. The van der Waals surface area contributed by atoms with Gasteiger partial charge in [0.15, 0.2) is 5.54 Å². The lowest BCUT2D eigenvalue weighted by molar-refractivity contribution is 0.189. The summed E-state index contributed by atoms with van der Waals surface area (Å²) in [5.74, 6) is 0. The highest BCUT2D eigenvalue weighted by molar-refractivity contribution is 9.10. The Kier molecular flexibility index (Phi) is 2.94. The minimum absolute atomic E-state index is 0.449. The zero-order chi connectivity index (χ0) is 10.7. The number of hydrogen-bond acceptors (Lipinski definition) is 3. The first-order valence-corrected chi connectivity index (χ1v) is 5.57. The molecule has 0 spiro atoms. The van der Waals surface area contributed by atoms with Crippen LogP contribution in [0.15, 0.2) is 28.7 Å². The number of halogens is 1. The second-order valence-corrected chi connectivity index (χ2v) is 4.46. The molecular weight excluding hydrogens is 256 g/mol. The lowest BCUT2D eigenvalue weighted by atomic mass is 10.0. The average molecular weight is 267 g/mol. The Bertz CT molecular complexity index is 394. The van der Waals surface area contributed by atoms with Crippen LogP contribution in [0.3, 0.4) is 0 Å². The molecule has 0 aliphatic carbocycles. The van der Waals surface area contributed by atoms with Gasteiger partial charge in [0.2, 0.25) is 0 Å². The molecular formula is C11H11BrN2O. The van der Waals surface area contributed by atoms with Crippen molar-refractivity contribution in [2.24, 2.45) is 0 Å². The third kappa shape index (κ3) is 2.14. The summed E-state index contributed by atoms with van der Waals surface area (Å²) in [6.07, 6.45) is 0.727. The Hall–Kier alpha value is -1.05. The normalized spacial score (nSPS) is 24.8. The maximum absolute atomic E-state index is 9.16. The quantitative estimate of drug-likeness (QED) is 0.895. The molecule has 4 heteroatoms. The lowest BCUT2D eigenvalue weighted by Gasteiger charge is -2.22. The summed E-state index contributed by atoms with van der Waals surface area (Å²) in [6.45, 7) is 1.09. The van der Waals surface area contributed by atoms with Crippen LogP contribution in [0.25, 0.3) is 0 Å². The van der Waals surface area contributed by atoms with Crippen molar-refractivity contribution < 1.29 is 4.74 Å². The van der Waals surface area contributed by atoms with E-state index in [2.05, 4.69) is 27.3 Å². The molecule has 3 nitrogen and oxygen atoms in total. The number of rotatable bonds is 2. The molecule has 1 atom stereocenters. The molecule has 1 aromatic rings. The molecule has 0 saturated carbocycles. The molecule has 1 aromatic carbocycles. The van der Waals surface area contributed by atoms with E-state index in [-0.39, 0.29) is 0 Å². The fraction of sp³-hybridized carbons (Fsp3) is 0.364. The van der Waals surface area contributed by atoms with E-state index in [0.29, 0.717) is 13.2 Å². The van der Waals surface area contributed by atoms with E-state index in [1.165, 1.54) is 0 Å². The molecule has 1 heterocycles. The largest absolute Gasteiger partial charge is 0.378 e. The van der Waals surface area contributed by atoms with Crippen molar-refractivity contribution in [3.63, 3.8) is 0 Å². The van der Waals surface area contributed by atoms with Crippen molar-refractivity contribution in [2.45, 2.75) is 12.0 Å². The first-order valence-electron chi connectivity index (χ1n) is 4.77. The highest BCUT2D eigenvalue weighted by Gasteiger charge is 2.35. The van der Waals surface area contributed by atoms with Gasteiger partial charge >= 0.3 is 0 Å². The smallest absolute Gasteiger partial charge is 0.151 e. The van der Waals surface area contributed by atoms with Gasteiger partial charge in [0, 0.05) is 16.6 Å². The van der Waals surface area contributed by atoms with Gasteiger partial charge in [-0.2, -0.15) is 5.26 Å². The number of hydrogen-bond donors (Lipinski definition) is 1. The van der Waals surface area contributed by atoms with E-state index in [9.17, 15) is 0 Å². The van der Waals surface area contributed by atoms with E-state index in [0.717, 1.165) is 16.6 Å². The van der Waals surface area contributed by atoms with Crippen molar-refractivity contribution in [1.82, 2.24) is 0 Å². The molecule has 0 bridgehead atoms. The SMILES string of the molecule is N#CC1(Nc2ccccc2Br)CCOC1. The number of nitrogens with one attached hydrogen (secondary N) is 1. The van der Waals surface area contributed by atoms with Gasteiger partial charge in [-0.1, -0.05) is 12.1 Å². The number of nitrogens with zero attached hydrogens (tertiary/aromatic N) is 1. The molecule has 1 unspecified atom stereocenters. The molecule has 1 fully saturated rings. The fourth-order valence-electron chi connectivity index (χ4n) is 1.60. The zero-order valence-electron chi connectivity index (χ0n) is 8.16. The first-order chi connectivity index (χ1) is 7.26. The maximum atomic E-state index is 9.16. The first kappa shape index (κ1) is 10.5. The van der Waals surface area contributed by atoms with Gasteiger partial charge in [-0.3, -0.25) is 0 Å². The summed E-state index contributed by atoms with van der Waals surface area (Å²) in [5.41, 5.74) is 0.369. The Morgan fingerprint density at radius 2 is 2.27 bits per heavy atom. The van der Waals surface area contributed by atoms with Gasteiger partial charge in [-0.15, -0.1) is 0 Å². The van der Waals surface area contributed by atoms with Gasteiger partial charge in [-0.05, 0) is 28.1 Å². The van der Waals surface area contributed by atoms with Crippen LogP contribution in [0.2, 0.25) is 0 Å². The summed E-state index contributed by atoms with van der Waals surface area (Å²) in [6, 6.07) is 10.1. The van der Waals surface area contributed by atoms with Gasteiger partial charge in [0.1, 0.15) is 0 Å². The molecule has 2 rings (SSSR count). The fourth-order valence-corrected chi connectivity index (χ4v) is 1.98. The summed E-state index contributed by atoms with van der Waals surface area (Å²) in [5, 5.41) is 12.4. The summed E-state index contributed by atoms with van der Waals surface area (Å²) < 4.78 is 6.23. The number of para-hydroxylation sites is 1. The van der Waals surface area contributed by atoms with Crippen LogP contribution >= 0.6 is 15.9 Å². The summed E-state index contributed by atoms with van der Waals surface area (Å²) in [4.78, 5) is 0. The van der Waals surface area contributed by atoms with Crippen LogP contribution in [0.1, 0.15) is 6.42 Å². The Morgan fingerprint density at radius 3 is 2.87 bits per heavy atom. The van der Waals surface area contributed by atoms with Crippen LogP contribution < -0.4 is 5.32 Å². The monoisotopic (exact) mass is 266 g/mol. The second-order valence-electron chi connectivity index (χ2n) is 3.60. The third-order valence-corrected chi connectivity index (χ3v) is 3.17. The Balaban J connectivity index is 2.21. The van der Waals surface area contributed by atoms with Crippen LogP contribution in [-0.4, -0.2) is 18.8 Å². The van der Waals surface area contributed by atoms with E-state index in [1.807, 2.05) is 24.3 Å². The number of nitriles is 1. The van der Waals surface area contributed by atoms with Crippen molar-refractivity contribution in [3.8, 4) is 6.07 Å². The van der Waals surface area contributed by atoms with Crippen molar-refractivity contribution >= 4 is 21.6 Å². The third-order valence-electron chi connectivity index (χ3n) is 2.48. The Labute approximate surface area is 97.2 Å². The Morgan fingerprint density at radius 1 is 1.47 bits per heavy atom. The van der Waals surface area contributed by atoms with E-state index in [1.54, 1.807) is 0 Å². The predicted octanol–water partition coefficient (Wildman–Crippen LogP) is 2.54. The average Bonchev–Trinajstić information content (AvgIpc) is 2.71. The topological polar surface area (TPSA) is 45.0 Å². The summed E-state index contributed by atoms with van der Waals surface area (Å²) in [7, 11) is 0. The van der Waals surface area contributed by atoms with Crippen LogP contribution in [0.5, 0.6) is 0 Å². The number of benzene rings is 1. The van der Waals surface area contributed by atoms with Crippen molar-refractivity contribution in [2.75, 3.05) is 18.5 Å². The standard InChI is InChI=1S/C11H11BrN2O/c12-9-3-1-2-4-10(9)14-11(7-13)5-6-15-8-11/h1-4,14H,5-6,8H2. The predicted molar refractivity (Wildman–Crippen MR) is 61.5 cm³/mol. The van der Waals surface area contributed by atoms with E-state index >= 15 is 0 Å². The molecule has 0 amide bonds. The molecule has 78 valence electrons. The maximum Gasteiger partial charge on any atom is 0.151 e. The number of anilines is 1. The molecule has 1 aliphatic rings. The van der Waals surface area contributed by atoms with Crippen molar-refractivity contribution in [3.05, 3.63) is 28.7 Å². The van der Waals surface area contributed by atoms with Gasteiger partial charge in [0.05, 0.1) is 19.3 Å². The zero-order valence-corrected chi connectivity index (χ0v) is 9.75. The highest BCUT2D eigenvalue weighted by Crippen LogP contribution is 2.28. The van der Waals surface area contributed by atoms with Crippen LogP contribution in [0, 0.1) is 11.3 Å². The second kappa shape index (κ2) is 4.21. The minimum Gasteiger partial charge on any atom is -0.378 e. The molecule has 1 aliphatic heterocycles. The van der Waals surface area contributed by atoms with Gasteiger partial charge in [0.25, 0.3) is 0 Å². The molecule has 0 radical (unpaired) electrons. The summed E-state index contributed by atoms with van der Waals surface area (Å²) >= 11 is 3.44. The van der Waals surface area contributed by atoms with Crippen LogP contribution in [-0.2, 0) is 4.74 Å². The molecule has 15 heavy (non-hydrogen) atoms. The van der Waals surface area contributed by atoms with Gasteiger partial charge < -0.3 is 10.1 Å². The minimum atomic E-state index is -0.566. The van der Waals surface area contributed by atoms with E-state index < -0.39 is 5.54 Å². The number of ether oxygens (including phenoxy) is 1. The molecule has 1 N–H and O–H groups in total.